The van der Waals surface area contributed by atoms with Crippen LogP contribution in [-0.4, -0.2) is 29.3 Å². The number of carbonyl (C=O) groups is 1. The minimum absolute atomic E-state index is 0.0656. The van der Waals surface area contributed by atoms with Gasteiger partial charge in [0.25, 0.3) is 0 Å². The Labute approximate surface area is 134 Å². The van der Waals surface area contributed by atoms with E-state index in [4.69, 9.17) is 15.9 Å². The van der Waals surface area contributed by atoms with Crippen molar-refractivity contribution in [2.24, 2.45) is 0 Å². The van der Waals surface area contributed by atoms with E-state index < -0.39 is 11.6 Å². The molecule has 0 saturated carbocycles. The van der Waals surface area contributed by atoms with E-state index in [2.05, 4.69) is 10.9 Å². The molecule has 0 aliphatic carbocycles. The molecule has 0 amide bonds. The van der Waals surface area contributed by atoms with Crippen molar-refractivity contribution in [1.29, 1.82) is 0 Å². The zero-order valence-electron chi connectivity index (χ0n) is 13.0. The third-order valence-electron chi connectivity index (χ3n) is 4.41. The van der Waals surface area contributed by atoms with Gasteiger partial charge in [-0.2, -0.15) is 0 Å². The maximum atomic E-state index is 11.3. The van der Waals surface area contributed by atoms with Crippen LogP contribution in [0, 0.1) is 12.3 Å². The summed E-state index contributed by atoms with van der Waals surface area (Å²) in [6.45, 7) is 2.64. The van der Waals surface area contributed by atoms with E-state index in [1.54, 1.807) is 0 Å². The SMILES string of the molecule is C#CCOc1cccc2c3c([nH]c12)C(CC)(CC(=O)O)OCC3. The number of aromatic nitrogens is 1. The minimum Gasteiger partial charge on any atom is -0.481 e. The van der Waals surface area contributed by atoms with Crippen molar-refractivity contribution in [3.05, 3.63) is 29.5 Å². The van der Waals surface area contributed by atoms with Gasteiger partial charge in [0.2, 0.25) is 0 Å². The number of para-hydroxylation sites is 1. The zero-order valence-corrected chi connectivity index (χ0v) is 13.0. The molecule has 0 bridgehead atoms. The number of hydrogen-bond donors (Lipinski definition) is 2. The second-order valence-electron chi connectivity index (χ2n) is 5.67. The third kappa shape index (κ3) is 2.55. The molecular weight excluding hydrogens is 294 g/mol. The highest BCUT2D eigenvalue weighted by atomic mass is 16.5. The lowest BCUT2D eigenvalue weighted by Gasteiger charge is -2.35. The summed E-state index contributed by atoms with van der Waals surface area (Å²) in [5.74, 6) is 2.26. The van der Waals surface area contributed by atoms with E-state index in [0.717, 1.165) is 28.6 Å². The number of carboxylic acids is 1. The van der Waals surface area contributed by atoms with Gasteiger partial charge in [0.1, 0.15) is 18.0 Å². The van der Waals surface area contributed by atoms with Crippen molar-refractivity contribution < 1.29 is 19.4 Å². The topological polar surface area (TPSA) is 71.6 Å². The van der Waals surface area contributed by atoms with Crippen LogP contribution in [0.4, 0.5) is 0 Å². The van der Waals surface area contributed by atoms with Crippen LogP contribution in [-0.2, 0) is 21.6 Å². The van der Waals surface area contributed by atoms with Gasteiger partial charge in [-0.1, -0.05) is 25.0 Å². The zero-order chi connectivity index (χ0) is 16.4. The Morgan fingerprint density at radius 1 is 1.57 bits per heavy atom. The highest BCUT2D eigenvalue weighted by Gasteiger charge is 2.41. The Hall–Kier alpha value is -2.45. The van der Waals surface area contributed by atoms with Gasteiger partial charge in [0, 0.05) is 5.39 Å². The summed E-state index contributed by atoms with van der Waals surface area (Å²) in [5, 5.41) is 10.3. The fourth-order valence-electron chi connectivity index (χ4n) is 3.34. The normalized spacial score (nSPS) is 20.0. The lowest BCUT2D eigenvalue weighted by Crippen LogP contribution is -2.37. The lowest BCUT2D eigenvalue weighted by atomic mass is 9.86. The average molecular weight is 313 g/mol. The third-order valence-corrected chi connectivity index (χ3v) is 4.41. The molecule has 5 nitrogen and oxygen atoms in total. The van der Waals surface area contributed by atoms with Crippen molar-refractivity contribution in [2.75, 3.05) is 13.2 Å². The average Bonchev–Trinajstić information content (AvgIpc) is 2.93. The predicted octanol–water partition coefficient (Wildman–Crippen LogP) is 2.83. The first-order valence-corrected chi connectivity index (χ1v) is 7.67. The Balaban J connectivity index is 2.17. The number of carboxylic acid groups (broad SMARTS) is 1. The minimum atomic E-state index is -0.873. The molecule has 5 heteroatoms. The number of hydrogen-bond acceptors (Lipinski definition) is 3. The fourth-order valence-corrected chi connectivity index (χ4v) is 3.34. The largest absolute Gasteiger partial charge is 0.481 e. The highest BCUT2D eigenvalue weighted by Crippen LogP contribution is 2.43. The highest BCUT2D eigenvalue weighted by molar-refractivity contribution is 5.90. The molecule has 120 valence electrons. The van der Waals surface area contributed by atoms with Gasteiger partial charge in [-0.25, -0.2) is 0 Å². The predicted molar refractivity (Wildman–Crippen MR) is 86.5 cm³/mol. The van der Waals surface area contributed by atoms with Crippen LogP contribution in [0.3, 0.4) is 0 Å². The molecule has 2 aromatic rings. The Bertz CT molecular complexity index is 786. The molecule has 2 N–H and O–H groups in total. The van der Waals surface area contributed by atoms with Crippen LogP contribution in [0.2, 0.25) is 0 Å². The van der Waals surface area contributed by atoms with E-state index >= 15 is 0 Å². The lowest BCUT2D eigenvalue weighted by molar-refractivity contribution is -0.148. The van der Waals surface area contributed by atoms with Crippen LogP contribution >= 0.6 is 0 Å². The van der Waals surface area contributed by atoms with Gasteiger partial charge in [-0.05, 0) is 24.5 Å². The first-order valence-electron chi connectivity index (χ1n) is 7.67. The summed E-state index contributed by atoms with van der Waals surface area (Å²) in [4.78, 5) is 14.7. The smallest absolute Gasteiger partial charge is 0.306 e. The number of H-pyrrole nitrogens is 1. The number of ether oxygens (including phenoxy) is 2. The number of fused-ring (bicyclic) bond motifs is 3. The van der Waals surface area contributed by atoms with E-state index in [0.29, 0.717) is 18.8 Å². The van der Waals surface area contributed by atoms with E-state index in [9.17, 15) is 9.90 Å². The first kappa shape index (κ1) is 15.4. The molecule has 1 aromatic heterocycles. The molecule has 1 aliphatic heterocycles. The standard InChI is InChI=1S/C18H19NO4/c1-3-9-22-14-7-5-6-12-13-8-10-23-18(4-2,11-15(20)21)17(13)19-16(12)14/h1,5-7,19H,4,8-11H2,2H3,(H,20,21). The van der Waals surface area contributed by atoms with Gasteiger partial charge in [0.05, 0.1) is 24.2 Å². The van der Waals surface area contributed by atoms with Gasteiger partial charge >= 0.3 is 5.97 Å². The second kappa shape index (κ2) is 5.98. The molecule has 0 spiro atoms. The van der Waals surface area contributed by atoms with Crippen LogP contribution < -0.4 is 4.74 Å². The number of terminal acetylenes is 1. The summed E-state index contributed by atoms with van der Waals surface area (Å²) in [6.07, 6.45) is 6.53. The Morgan fingerprint density at radius 2 is 2.39 bits per heavy atom. The molecular formula is C18H19NO4. The summed E-state index contributed by atoms with van der Waals surface area (Å²) in [6, 6.07) is 5.79. The van der Waals surface area contributed by atoms with Gasteiger partial charge < -0.3 is 19.6 Å². The fraction of sp³-hybridized carbons (Fsp3) is 0.389. The molecule has 1 aliphatic rings. The van der Waals surface area contributed by atoms with Crippen molar-refractivity contribution >= 4 is 16.9 Å². The number of aliphatic carboxylic acids is 1. The molecule has 23 heavy (non-hydrogen) atoms. The van der Waals surface area contributed by atoms with Crippen LogP contribution in [0.25, 0.3) is 10.9 Å². The van der Waals surface area contributed by atoms with Crippen molar-refractivity contribution in [3.8, 4) is 18.1 Å². The number of nitrogens with one attached hydrogen (secondary N) is 1. The molecule has 1 aromatic carbocycles. The number of rotatable bonds is 5. The van der Waals surface area contributed by atoms with E-state index in [1.165, 1.54) is 0 Å². The number of benzene rings is 1. The van der Waals surface area contributed by atoms with Crippen molar-refractivity contribution in [3.63, 3.8) is 0 Å². The molecule has 0 fully saturated rings. The quantitative estimate of drug-likeness (QED) is 0.833. The summed E-state index contributed by atoms with van der Waals surface area (Å²) in [7, 11) is 0. The summed E-state index contributed by atoms with van der Waals surface area (Å²) in [5.41, 5.74) is 1.99. The Morgan fingerprint density at radius 3 is 3.09 bits per heavy atom. The number of aromatic amines is 1. The molecule has 1 atom stereocenters. The van der Waals surface area contributed by atoms with Crippen LogP contribution in [0.5, 0.6) is 5.75 Å². The van der Waals surface area contributed by atoms with Crippen LogP contribution in [0.15, 0.2) is 18.2 Å². The van der Waals surface area contributed by atoms with E-state index in [1.807, 2.05) is 25.1 Å². The van der Waals surface area contributed by atoms with Crippen LogP contribution in [0.1, 0.15) is 31.0 Å². The Kier molecular flexibility index (Phi) is 4.01. The maximum Gasteiger partial charge on any atom is 0.306 e. The molecule has 0 radical (unpaired) electrons. The van der Waals surface area contributed by atoms with Gasteiger partial charge in [-0.3, -0.25) is 4.79 Å². The maximum absolute atomic E-state index is 11.3. The van der Waals surface area contributed by atoms with E-state index in [-0.39, 0.29) is 13.0 Å². The molecule has 1 unspecified atom stereocenters. The van der Waals surface area contributed by atoms with Gasteiger partial charge in [-0.15, -0.1) is 6.42 Å². The summed E-state index contributed by atoms with van der Waals surface area (Å²) >= 11 is 0. The second-order valence-corrected chi connectivity index (χ2v) is 5.67. The molecule has 3 rings (SSSR count). The van der Waals surface area contributed by atoms with Crippen molar-refractivity contribution in [1.82, 2.24) is 4.98 Å². The molecule has 0 saturated heterocycles. The monoisotopic (exact) mass is 313 g/mol. The van der Waals surface area contributed by atoms with Gasteiger partial charge in [0.15, 0.2) is 0 Å². The molecule has 2 heterocycles. The van der Waals surface area contributed by atoms with Crippen molar-refractivity contribution in [2.45, 2.75) is 31.8 Å². The summed E-state index contributed by atoms with van der Waals surface area (Å²) < 4.78 is 11.5. The first-order chi connectivity index (χ1) is 11.1.